The molecule has 0 bridgehead atoms. The van der Waals surface area contributed by atoms with Crippen molar-refractivity contribution in [2.45, 2.75) is 17.9 Å². The van der Waals surface area contributed by atoms with Crippen LogP contribution in [-0.2, 0) is 19.8 Å². The number of aromatic amines is 1. The van der Waals surface area contributed by atoms with Crippen molar-refractivity contribution in [2.24, 2.45) is 14.1 Å². The third-order valence-electron chi connectivity index (χ3n) is 4.03. The summed E-state index contributed by atoms with van der Waals surface area (Å²) in [6, 6.07) is 6.67. The number of imidazole rings is 1. The van der Waals surface area contributed by atoms with Gasteiger partial charge >= 0.3 is 5.69 Å². The lowest BCUT2D eigenvalue weighted by atomic mass is 10.1. The summed E-state index contributed by atoms with van der Waals surface area (Å²) < 4.78 is 16.8. The molecule has 0 amide bonds. The second kappa shape index (κ2) is 6.27. The maximum atomic E-state index is 13.8. The molecule has 0 radical (unpaired) electrons. The van der Waals surface area contributed by atoms with Gasteiger partial charge in [-0.25, -0.2) is 14.2 Å². The fourth-order valence-electron chi connectivity index (χ4n) is 2.58. The first-order valence-electron chi connectivity index (χ1n) is 7.40. The van der Waals surface area contributed by atoms with Crippen LogP contribution in [0.5, 0.6) is 0 Å². The predicted molar refractivity (Wildman–Crippen MR) is 92.7 cm³/mol. The van der Waals surface area contributed by atoms with Gasteiger partial charge < -0.3 is 4.57 Å². The summed E-state index contributed by atoms with van der Waals surface area (Å²) in [6.45, 7) is 1.92. The van der Waals surface area contributed by atoms with Gasteiger partial charge in [0.05, 0.1) is 5.75 Å². The number of hydrogen-bond acceptors (Lipinski definition) is 4. The van der Waals surface area contributed by atoms with E-state index in [2.05, 4.69) is 9.97 Å². The van der Waals surface area contributed by atoms with E-state index in [1.165, 1.54) is 22.4 Å². The van der Waals surface area contributed by atoms with Crippen LogP contribution in [0.1, 0.15) is 23.6 Å². The van der Waals surface area contributed by atoms with Crippen LogP contribution in [0.15, 0.2) is 33.9 Å². The van der Waals surface area contributed by atoms with E-state index >= 15 is 0 Å². The Morgan fingerprint density at radius 2 is 1.96 bits per heavy atom. The molecule has 2 heterocycles. The van der Waals surface area contributed by atoms with Gasteiger partial charge in [-0.2, -0.15) is 0 Å². The first-order valence-corrected chi connectivity index (χ1v) is 8.45. The SMILES string of the molecule is C[C@H](SCc1nc2c(c(=O)[nH]c(=O)n2C)n1C)c1ccccc1F. The Labute approximate surface area is 141 Å². The van der Waals surface area contributed by atoms with E-state index in [4.69, 9.17) is 0 Å². The van der Waals surface area contributed by atoms with Crippen LogP contribution in [0.4, 0.5) is 4.39 Å². The van der Waals surface area contributed by atoms with Crippen molar-refractivity contribution < 1.29 is 4.39 Å². The molecule has 0 spiro atoms. The summed E-state index contributed by atoms with van der Waals surface area (Å²) in [7, 11) is 3.30. The smallest absolute Gasteiger partial charge is 0.325 e. The fourth-order valence-corrected chi connectivity index (χ4v) is 3.60. The van der Waals surface area contributed by atoms with Crippen LogP contribution in [-0.4, -0.2) is 19.1 Å². The van der Waals surface area contributed by atoms with Crippen LogP contribution in [0.3, 0.4) is 0 Å². The van der Waals surface area contributed by atoms with Crippen LogP contribution in [0.2, 0.25) is 0 Å². The van der Waals surface area contributed by atoms with Gasteiger partial charge in [0.2, 0.25) is 0 Å². The van der Waals surface area contributed by atoms with Gasteiger partial charge in [0, 0.05) is 24.9 Å². The highest BCUT2D eigenvalue weighted by molar-refractivity contribution is 7.98. The minimum atomic E-state index is -0.496. The van der Waals surface area contributed by atoms with E-state index in [0.29, 0.717) is 28.3 Å². The maximum Gasteiger partial charge on any atom is 0.329 e. The number of hydrogen-bond donors (Lipinski definition) is 1. The molecule has 0 saturated carbocycles. The number of aromatic nitrogens is 4. The van der Waals surface area contributed by atoms with Gasteiger partial charge in [0.25, 0.3) is 5.56 Å². The molecule has 1 atom stereocenters. The molecule has 0 aliphatic rings. The number of halogens is 1. The molecule has 0 aliphatic heterocycles. The molecule has 0 fully saturated rings. The molecule has 24 heavy (non-hydrogen) atoms. The quantitative estimate of drug-likeness (QED) is 0.784. The zero-order valence-corrected chi connectivity index (χ0v) is 14.4. The number of benzene rings is 1. The second-order valence-corrected chi connectivity index (χ2v) is 6.88. The second-order valence-electron chi connectivity index (χ2n) is 5.55. The Balaban J connectivity index is 1.91. The van der Waals surface area contributed by atoms with Crippen LogP contribution in [0.25, 0.3) is 11.2 Å². The van der Waals surface area contributed by atoms with E-state index in [0.717, 1.165) is 0 Å². The zero-order chi connectivity index (χ0) is 17.4. The maximum absolute atomic E-state index is 13.8. The monoisotopic (exact) mass is 348 g/mol. The summed E-state index contributed by atoms with van der Waals surface area (Å²) in [5.74, 6) is 0.917. The molecule has 6 nitrogen and oxygen atoms in total. The third-order valence-corrected chi connectivity index (χ3v) is 5.21. The number of thioether (sulfide) groups is 1. The first-order chi connectivity index (χ1) is 11.4. The molecule has 1 aromatic carbocycles. The minimum Gasteiger partial charge on any atom is -0.325 e. The Morgan fingerprint density at radius 3 is 2.67 bits per heavy atom. The van der Waals surface area contributed by atoms with Gasteiger partial charge in [-0.3, -0.25) is 14.3 Å². The average molecular weight is 348 g/mol. The van der Waals surface area contributed by atoms with Gasteiger partial charge in [-0.05, 0) is 13.0 Å². The first kappa shape index (κ1) is 16.5. The molecule has 3 aromatic rings. The lowest BCUT2D eigenvalue weighted by molar-refractivity contribution is 0.611. The van der Waals surface area contributed by atoms with Crippen LogP contribution < -0.4 is 11.2 Å². The van der Waals surface area contributed by atoms with E-state index in [9.17, 15) is 14.0 Å². The average Bonchev–Trinajstić information content (AvgIpc) is 2.88. The van der Waals surface area contributed by atoms with Crippen molar-refractivity contribution in [1.29, 1.82) is 0 Å². The number of aryl methyl sites for hydroxylation is 2. The topological polar surface area (TPSA) is 72.7 Å². The standard InChI is InChI=1S/C16H17FN4O2S/c1-9(10-6-4-5-7-11(10)17)24-8-12-18-14-13(20(12)2)15(22)19-16(23)21(14)3/h4-7,9H,8H2,1-3H3,(H,19,22,23)/t9-/m0/s1. The summed E-state index contributed by atoms with van der Waals surface area (Å²) in [5, 5.41) is -0.0619. The van der Waals surface area contributed by atoms with E-state index in [-0.39, 0.29) is 11.1 Å². The Bertz CT molecular complexity index is 1020. The lowest BCUT2D eigenvalue weighted by Crippen LogP contribution is -2.29. The highest BCUT2D eigenvalue weighted by Crippen LogP contribution is 2.32. The van der Waals surface area contributed by atoms with Crippen LogP contribution >= 0.6 is 11.8 Å². The molecular formula is C16H17FN4O2S. The fraction of sp³-hybridized carbons (Fsp3) is 0.312. The van der Waals surface area contributed by atoms with E-state index in [1.54, 1.807) is 36.9 Å². The van der Waals surface area contributed by atoms with Crippen molar-refractivity contribution in [3.05, 3.63) is 62.3 Å². The molecule has 2 aromatic heterocycles. The molecular weight excluding hydrogens is 331 g/mol. The lowest BCUT2D eigenvalue weighted by Gasteiger charge is -2.12. The molecule has 1 N–H and O–H groups in total. The Morgan fingerprint density at radius 1 is 1.25 bits per heavy atom. The number of fused-ring (bicyclic) bond motifs is 1. The molecule has 3 rings (SSSR count). The van der Waals surface area contributed by atoms with Crippen molar-refractivity contribution in [2.75, 3.05) is 0 Å². The van der Waals surface area contributed by atoms with Gasteiger partial charge in [0.15, 0.2) is 11.2 Å². The van der Waals surface area contributed by atoms with Crippen molar-refractivity contribution in [3.63, 3.8) is 0 Å². The van der Waals surface area contributed by atoms with Gasteiger partial charge in [0.1, 0.15) is 11.6 Å². The van der Waals surface area contributed by atoms with E-state index in [1.807, 2.05) is 6.92 Å². The largest absolute Gasteiger partial charge is 0.329 e. The van der Waals surface area contributed by atoms with Crippen molar-refractivity contribution in [1.82, 2.24) is 19.1 Å². The highest BCUT2D eigenvalue weighted by atomic mass is 32.2. The molecule has 126 valence electrons. The summed E-state index contributed by atoms with van der Waals surface area (Å²) >= 11 is 1.52. The van der Waals surface area contributed by atoms with Gasteiger partial charge in [-0.15, -0.1) is 11.8 Å². The molecule has 0 saturated heterocycles. The summed E-state index contributed by atoms with van der Waals surface area (Å²) in [5.41, 5.74) is 0.379. The number of nitrogens with zero attached hydrogens (tertiary/aromatic N) is 3. The number of rotatable bonds is 4. The Kier molecular flexibility index (Phi) is 4.31. The highest BCUT2D eigenvalue weighted by Gasteiger charge is 2.17. The molecule has 0 aliphatic carbocycles. The summed E-state index contributed by atoms with van der Waals surface area (Å²) in [4.78, 5) is 30.4. The minimum absolute atomic E-state index is 0.0619. The van der Waals surface area contributed by atoms with Crippen LogP contribution in [0, 0.1) is 5.82 Å². The number of nitrogens with one attached hydrogen (secondary N) is 1. The number of H-pyrrole nitrogens is 1. The molecule has 8 heteroatoms. The molecule has 0 unspecified atom stereocenters. The van der Waals surface area contributed by atoms with Crippen molar-refractivity contribution in [3.8, 4) is 0 Å². The Hall–Kier alpha value is -2.35. The van der Waals surface area contributed by atoms with Crippen molar-refractivity contribution >= 4 is 22.9 Å². The predicted octanol–water partition coefficient (Wildman–Crippen LogP) is 2.09. The summed E-state index contributed by atoms with van der Waals surface area (Å²) in [6.07, 6.45) is 0. The van der Waals surface area contributed by atoms with Gasteiger partial charge in [-0.1, -0.05) is 18.2 Å². The normalized spacial score (nSPS) is 12.7. The third kappa shape index (κ3) is 2.77. The van der Waals surface area contributed by atoms with E-state index < -0.39 is 11.2 Å². The zero-order valence-electron chi connectivity index (χ0n) is 13.5.